The maximum Gasteiger partial charge on any atom is 0.128 e. The zero-order valence-electron chi connectivity index (χ0n) is 23.6. The average molecular weight is 507 g/mol. The Hall–Kier alpha value is -3.59. The van der Waals surface area contributed by atoms with Gasteiger partial charge in [0.05, 0.1) is 11.4 Å². The van der Waals surface area contributed by atoms with E-state index in [0.29, 0.717) is 11.7 Å². The number of allylic oxidation sites excluding steroid dienone is 3. The molecule has 3 nitrogen and oxygen atoms in total. The number of nitrogens with one attached hydrogen (secondary N) is 1. The predicted molar refractivity (Wildman–Crippen MR) is 164 cm³/mol. The minimum Gasteiger partial charge on any atom is -0.507 e. The van der Waals surface area contributed by atoms with Gasteiger partial charge in [-0.05, 0) is 78.6 Å². The van der Waals surface area contributed by atoms with Crippen LogP contribution < -0.4 is 5.32 Å². The minimum absolute atomic E-state index is 0.207. The molecule has 2 N–H and O–H groups in total. The summed E-state index contributed by atoms with van der Waals surface area (Å²) in [6.45, 7) is 16.1. The van der Waals surface area contributed by atoms with Crippen molar-refractivity contribution in [3.8, 4) is 16.9 Å². The van der Waals surface area contributed by atoms with E-state index in [0.717, 1.165) is 66.0 Å². The molecule has 1 atom stereocenters. The zero-order valence-corrected chi connectivity index (χ0v) is 23.6. The molecule has 0 amide bonds. The highest BCUT2D eigenvalue weighted by Gasteiger charge is 2.37. The maximum atomic E-state index is 11.7. The summed E-state index contributed by atoms with van der Waals surface area (Å²) >= 11 is 0. The molecule has 0 saturated heterocycles. The topological polar surface area (TPSA) is 44.6 Å². The fraction of sp³-hybridized carbons (Fsp3) is 0.343. The normalized spacial score (nSPS) is 16.2. The Morgan fingerprint density at radius 1 is 1.03 bits per heavy atom. The summed E-state index contributed by atoms with van der Waals surface area (Å²) in [4.78, 5) is 5.28. The van der Waals surface area contributed by atoms with Crippen LogP contribution in [0.4, 0.5) is 11.4 Å². The third-order valence-electron chi connectivity index (χ3n) is 8.24. The minimum atomic E-state index is 0.207. The molecule has 0 aromatic heterocycles. The third kappa shape index (κ3) is 5.20. The molecule has 3 aromatic rings. The molecule has 38 heavy (non-hydrogen) atoms. The lowest BCUT2D eigenvalue weighted by molar-refractivity contribution is 0.433. The highest BCUT2D eigenvalue weighted by molar-refractivity contribution is 6.13. The van der Waals surface area contributed by atoms with Gasteiger partial charge in [0.25, 0.3) is 0 Å². The molecular formula is C35H42N2O. The Kier molecular flexibility index (Phi) is 8.89. The summed E-state index contributed by atoms with van der Waals surface area (Å²) in [6.07, 6.45) is 5.85. The smallest absolute Gasteiger partial charge is 0.128 e. The predicted octanol–water partition coefficient (Wildman–Crippen LogP) is 9.54. The lowest BCUT2D eigenvalue weighted by Crippen LogP contribution is -2.25. The summed E-state index contributed by atoms with van der Waals surface area (Å²) in [5.74, 6) is 1.00. The van der Waals surface area contributed by atoms with Crippen LogP contribution in [0.3, 0.4) is 0 Å². The van der Waals surface area contributed by atoms with Crippen molar-refractivity contribution in [2.45, 2.75) is 66.2 Å². The Morgan fingerprint density at radius 2 is 1.66 bits per heavy atom. The van der Waals surface area contributed by atoms with Crippen molar-refractivity contribution in [1.82, 2.24) is 0 Å². The standard InChI is InChI=1S/C35H42N2O/c1-7-23(5)30-29(10-4)37-34-32(26-17-13-11-14-18-26)35(38)24(6)28(33(34)31(30)25(8-2)9-3)21-22-36-27-19-15-12-16-20-27/h10-20,25,31,36,38H,4,7-9,21-22H2,1-3,5-6H3/b30-23-. The van der Waals surface area contributed by atoms with E-state index in [1.165, 1.54) is 22.3 Å². The molecule has 198 valence electrons. The number of nitrogens with zero attached hydrogens (tertiary/aromatic N) is 1. The molecule has 1 aliphatic rings. The molecule has 0 aliphatic carbocycles. The summed E-state index contributed by atoms with van der Waals surface area (Å²) in [7, 11) is 0. The van der Waals surface area contributed by atoms with Gasteiger partial charge in [0.15, 0.2) is 0 Å². The molecule has 0 fully saturated rings. The van der Waals surface area contributed by atoms with Crippen molar-refractivity contribution in [3.05, 3.63) is 101 Å². The van der Waals surface area contributed by atoms with Crippen LogP contribution in [0.25, 0.3) is 11.1 Å². The van der Waals surface area contributed by atoms with Gasteiger partial charge in [0, 0.05) is 23.7 Å². The average Bonchev–Trinajstić information content (AvgIpc) is 2.96. The fourth-order valence-corrected chi connectivity index (χ4v) is 6.01. The lowest BCUT2D eigenvalue weighted by atomic mass is 9.69. The number of anilines is 1. The second kappa shape index (κ2) is 12.3. The van der Waals surface area contributed by atoms with E-state index < -0.39 is 0 Å². The van der Waals surface area contributed by atoms with Crippen molar-refractivity contribution >= 4 is 17.1 Å². The number of phenols is 1. The number of fused-ring (bicyclic) bond motifs is 1. The highest BCUT2D eigenvalue weighted by atomic mass is 16.3. The SMILES string of the molecule is C=CC1=Nc2c(-c3ccccc3)c(O)c(C)c(CCNc3ccccc3)c2C(C(CC)CC)/C1=C(/C)CC. The van der Waals surface area contributed by atoms with Crippen LogP contribution in [-0.2, 0) is 6.42 Å². The first-order valence-electron chi connectivity index (χ1n) is 14.1. The molecule has 4 rings (SSSR count). The number of aliphatic imine (C=N–C) groups is 1. The molecule has 1 heterocycles. The van der Waals surface area contributed by atoms with E-state index in [9.17, 15) is 5.11 Å². The molecule has 0 bridgehead atoms. The summed E-state index contributed by atoms with van der Waals surface area (Å²) in [5, 5.41) is 15.3. The number of phenolic OH excluding ortho intramolecular Hbond substituents is 1. The third-order valence-corrected chi connectivity index (χ3v) is 8.24. The van der Waals surface area contributed by atoms with Crippen molar-refractivity contribution in [1.29, 1.82) is 0 Å². The number of aromatic hydroxyl groups is 1. The van der Waals surface area contributed by atoms with Crippen LogP contribution in [0.2, 0.25) is 0 Å². The van der Waals surface area contributed by atoms with Gasteiger partial charge >= 0.3 is 0 Å². The summed E-state index contributed by atoms with van der Waals surface area (Å²) in [5.41, 5.74) is 10.9. The van der Waals surface area contributed by atoms with Crippen LogP contribution >= 0.6 is 0 Å². The summed E-state index contributed by atoms with van der Waals surface area (Å²) < 4.78 is 0. The van der Waals surface area contributed by atoms with Crippen LogP contribution in [0.15, 0.2) is 89.5 Å². The van der Waals surface area contributed by atoms with Crippen LogP contribution in [0, 0.1) is 12.8 Å². The molecule has 0 spiro atoms. The van der Waals surface area contributed by atoms with Crippen molar-refractivity contribution < 1.29 is 5.11 Å². The first-order valence-corrected chi connectivity index (χ1v) is 14.1. The van der Waals surface area contributed by atoms with E-state index in [2.05, 4.69) is 82.9 Å². The number of para-hydroxylation sites is 1. The lowest BCUT2D eigenvalue weighted by Gasteiger charge is -2.37. The van der Waals surface area contributed by atoms with Gasteiger partial charge in [0.2, 0.25) is 0 Å². The molecule has 3 heteroatoms. The number of hydrogen-bond acceptors (Lipinski definition) is 3. The number of rotatable bonds is 10. The van der Waals surface area contributed by atoms with Crippen molar-refractivity contribution in [2.24, 2.45) is 10.9 Å². The second-order valence-corrected chi connectivity index (χ2v) is 10.3. The van der Waals surface area contributed by atoms with Crippen molar-refractivity contribution in [3.63, 3.8) is 0 Å². The van der Waals surface area contributed by atoms with E-state index in [-0.39, 0.29) is 5.92 Å². The second-order valence-electron chi connectivity index (χ2n) is 10.3. The van der Waals surface area contributed by atoms with Gasteiger partial charge in [-0.3, -0.25) is 0 Å². The highest BCUT2D eigenvalue weighted by Crippen LogP contribution is 2.54. The van der Waals surface area contributed by atoms with E-state index >= 15 is 0 Å². The Bertz CT molecular complexity index is 1330. The van der Waals surface area contributed by atoms with Crippen LogP contribution in [0.1, 0.15) is 69.6 Å². The molecule has 3 aromatic carbocycles. The van der Waals surface area contributed by atoms with Gasteiger partial charge < -0.3 is 10.4 Å². The van der Waals surface area contributed by atoms with E-state index in [4.69, 9.17) is 4.99 Å². The first-order chi connectivity index (χ1) is 18.5. The Morgan fingerprint density at radius 3 is 2.24 bits per heavy atom. The number of hydrogen-bond donors (Lipinski definition) is 2. The largest absolute Gasteiger partial charge is 0.507 e. The quantitative estimate of drug-likeness (QED) is 0.287. The van der Waals surface area contributed by atoms with Gasteiger partial charge in [-0.15, -0.1) is 0 Å². The van der Waals surface area contributed by atoms with Gasteiger partial charge in [-0.25, -0.2) is 4.99 Å². The van der Waals surface area contributed by atoms with Crippen LogP contribution in [0.5, 0.6) is 5.75 Å². The Labute approximate surface area is 229 Å². The number of benzene rings is 3. The first kappa shape index (κ1) is 27.4. The van der Waals surface area contributed by atoms with Gasteiger partial charge in [-0.1, -0.05) is 94.3 Å². The maximum absolute atomic E-state index is 11.7. The fourth-order valence-electron chi connectivity index (χ4n) is 6.01. The molecule has 0 saturated carbocycles. The van der Waals surface area contributed by atoms with E-state index in [1.807, 2.05) is 30.3 Å². The van der Waals surface area contributed by atoms with Crippen molar-refractivity contribution in [2.75, 3.05) is 11.9 Å². The molecule has 0 radical (unpaired) electrons. The Balaban J connectivity index is 2.01. The van der Waals surface area contributed by atoms with Gasteiger partial charge in [-0.2, -0.15) is 0 Å². The summed E-state index contributed by atoms with van der Waals surface area (Å²) in [6, 6.07) is 20.5. The molecular weight excluding hydrogens is 464 g/mol. The zero-order chi connectivity index (χ0) is 27.2. The molecule has 1 aliphatic heterocycles. The van der Waals surface area contributed by atoms with Gasteiger partial charge in [0.1, 0.15) is 5.75 Å². The van der Waals surface area contributed by atoms with Crippen LogP contribution in [-0.4, -0.2) is 17.4 Å². The van der Waals surface area contributed by atoms with E-state index in [1.54, 1.807) is 0 Å². The monoisotopic (exact) mass is 506 g/mol. The molecule has 1 unspecified atom stereocenters.